The first-order valence-corrected chi connectivity index (χ1v) is 24.9. The number of anilines is 3. The van der Waals surface area contributed by atoms with E-state index in [4.69, 9.17) is 0 Å². The van der Waals surface area contributed by atoms with Gasteiger partial charge in [-0.2, -0.15) is 0 Å². The lowest BCUT2D eigenvalue weighted by molar-refractivity contribution is 0.769. The van der Waals surface area contributed by atoms with Gasteiger partial charge in [-0.05, 0) is 154 Å². The van der Waals surface area contributed by atoms with Crippen LogP contribution in [0.3, 0.4) is 0 Å². The molecule has 1 aliphatic carbocycles. The summed E-state index contributed by atoms with van der Waals surface area (Å²) >= 11 is 0. The van der Waals surface area contributed by atoms with Crippen LogP contribution in [0.25, 0.3) is 77.5 Å². The Balaban J connectivity index is 0.869. The van der Waals surface area contributed by atoms with E-state index in [1.54, 1.807) is 0 Å². The number of hydrogen-bond donors (Lipinski definition) is 0. The van der Waals surface area contributed by atoms with Gasteiger partial charge in [-0.15, -0.1) is 0 Å². The molecule has 0 spiro atoms. The van der Waals surface area contributed by atoms with Gasteiger partial charge in [-0.1, -0.05) is 243 Å². The molecule has 0 saturated heterocycles. The Kier molecular flexibility index (Phi) is 10.8. The van der Waals surface area contributed by atoms with Crippen molar-refractivity contribution >= 4 is 27.8 Å². The smallest absolute Gasteiger partial charge is 0.0713 e. The average Bonchev–Trinajstić information content (AvgIpc) is 3.77. The lowest BCUT2D eigenvalue weighted by atomic mass is 9.67. The maximum Gasteiger partial charge on any atom is 0.0713 e. The molecule has 12 aromatic carbocycles. The molecule has 1 heteroatoms. The highest BCUT2D eigenvalue weighted by Crippen LogP contribution is 2.56. The minimum atomic E-state index is -0.457. The van der Waals surface area contributed by atoms with Gasteiger partial charge in [-0.25, -0.2) is 0 Å². The van der Waals surface area contributed by atoms with Gasteiger partial charge in [0.15, 0.2) is 0 Å². The summed E-state index contributed by atoms with van der Waals surface area (Å²) in [5.74, 6) is 0. The number of benzene rings is 12. The van der Waals surface area contributed by atoms with Crippen LogP contribution in [-0.4, -0.2) is 0 Å². The molecule has 12 aromatic rings. The van der Waals surface area contributed by atoms with Crippen LogP contribution in [0.5, 0.6) is 0 Å². The van der Waals surface area contributed by atoms with Crippen molar-refractivity contribution in [2.75, 3.05) is 4.90 Å². The summed E-state index contributed by atoms with van der Waals surface area (Å²) in [5, 5.41) is 2.50. The van der Waals surface area contributed by atoms with Crippen LogP contribution in [-0.2, 0) is 5.41 Å². The minimum Gasteiger partial charge on any atom is -0.311 e. The number of rotatable bonds is 10. The summed E-state index contributed by atoms with van der Waals surface area (Å²) in [5.41, 5.74) is 22.5. The molecule has 0 saturated carbocycles. The van der Waals surface area contributed by atoms with E-state index in [1.807, 2.05) is 0 Å². The van der Waals surface area contributed by atoms with E-state index in [0.29, 0.717) is 0 Å². The van der Waals surface area contributed by atoms with Gasteiger partial charge in [0.1, 0.15) is 0 Å². The lowest BCUT2D eigenvalue weighted by Crippen LogP contribution is -2.28. The largest absolute Gasteiger partial charge is 0.311 e. The van der Waals surface area contributed by atoms with Gasteiger partial charge in [0.2, 0.25) is 0 Å². The predicted molar refractivity (Wildman–Crippen MR) is 303 cm³/mol. The summed E-state index contributed by atoms with van der Waals surface area (Å²) in [6.07, 6.45) is 0. The van der Waals surface area contributed by atoms with E-state index in [2.05, 4.69) is 302 Å². The fourth-order valence-electron chi connectivity index (χ4n) is 11.2. The lowest BCUT2D eigenvalue weighted by Gasteiger charge is -2.34. The Bertz CT molecular complexity index is 3820. The second kappa shape index (κ2) is 18.2. The first-order valence-electron chi connectivity index (χ1n) is 24.9. The van der Waals surface area contributed by atoms with E-state index in [9.17, 15) is 0 Å². The zero-order valence-electron chi connectivity index (χ0n) is 39.7. The van der Waals surface area contributed by atoms with Gasteiger partial charge in [0.25, 0.3) is 0 Å². The van der Waals surface area contributed by atoms with Crippen molar-refractivity contribution in [2.45, 2.75) is 5.41 Å². The fraction of sp³-hybridized carbons (Fsp3) is 0.0141. The van der Waals surface area contributed by atoms with E-state index >= 15 is 0 Å². The standard InChI is InChI=1S/C71H49N/c1-4-15-50(16-5-1)52-27-29-53(30-28-52)54-33-40-64(41-34-54)72(65-42-35-55(36-43-65)58-19-14-20-59(47-58)60-32-31-51-17-10-11-18-57(51)48-60)66-44-37-56(38-45-66)61-39-46-68-67-25-12-13-26-69(67)71(70(68)49-61,62-21-6-2-7-22-62)63-23-8-3-9-24-63/h1-49H. The van der Waals surface area contributed by atoms with Crippen molar-refractivity contribution < 1.29 is 0 Å². The van der Waals surface area contributed by atoms with E-state index < -0.39 is 5.41 Å². The Hall–Kier alpha value is -9.30. The van der Waals surface area contributed by atoms with Crippen LogP contribution in [0.2, 0.25) is 0 Å². The molecule has 0 unspecified atom stereocenters. The zero-order chi connectivity index (χ0) is 47.8. The Morgan fingerprint density at radius 2 is 0.569 bits per heavy atom. The first kappa shape index (κ1) is 42.8. The second-order valence-corrected chi connectivity index (χ2v) is 18.9. The molecule has 1 nitrogen and oxygen atoms in total. The number of nitrogens with zero attached hydrogens (tertiary/aromatic N) is 1. The van der Waals surface area contributed by atoms with Crippen molar-refractivity contribution in [3.8, 4) is 66.8 Å². The van der Waals surface area contributed by atoms with Crippen molar-refractivity contribution in [1.29, 1.82) is 0 Å². The molecule has 1 aliphatic rings. The topological polar surface area (TPSA) is 3.24 Å². The van der Waals surface area contributed by atoms with Gasteiger partial charge < -0.3 is 4.90 Å². The highest BCUT2D eigenvalue weighted by molar-refractivity contribution is 5.90. The summed E-state index contributed by atoms with van der Waals surface area (Å²) < 4.78 is 0. The summed E-state index contributed by atoms with van der Waals surface area (Å²) in [7, 11) is 0. The third kappa shape index (κ3) is 7.60. The molecule has 0 aromatic heterocycles. The Morgan fingerprint density at radius 1 is 0.208 bits per heavy atom. The molecule has 338 valence electrons. The molecule has 0 N–H and O–H groups in total. The molecule has 0 radical (unpaired) electrons. The van der Waals surface area contributed by atoms with Gasteiger partial charge in [-0.3, -0.25) is 0 Å². The highest BCUT2D eigenvalue weighted by atomic mass is 15.1. The van der Waals surface area contributed by atoms with Crippen LogP contribution in [0.4, 0.5) is 17.1 Å². The maximum absolute atomic E-state index is 2.45. The van der Waals surface area contributed by atoms with E-state index in [-0.39, 0.29) is 0 Å². The van der Waals surface area contributed by atoms with Crippen LogP contribution in [0, 0.1) is 0 Å². The summed E-state index contributed by atoms with van der Waals surface area (Å²) in [6, 6.07) is 109. The normalized spacial score (nSPS) is 12.3. The molecular formula is C71H49N. The van der Waals surface area contributed by atoms with Crippen molar-refractivity contribution in [2.24, 2.45) is 0 Å². The Labute approximate surface area is 422 Å². The molecule has 0 heterocycles. The van der Waals surface area contributed by atoms with Gasteiger partial charge in [0, 0.05) is 17.1 Å². The van der Waals surface area contributed by atoms with E-state index in [1.165, 1.54) is 99.8 Å². The molecule has 72 heavy (non-hydrogen) atoms. The molecule has 13 rings (SSSR count). The maximum atomic E-state index is 2.45. The molecule has 0 amide bonds. The quantitative estimate of drug-likeness (QED) is 0.132. The molecule has 0 bridgehead atoms. The van der Waals surface area contributed by atoms with E-state index in [0.717, 1.165) is 17.1 Å². The summed E-state index contributed by atoms with van der Waals surface area (Å²) in [4.78, 5) is 2.37. The van der Waals surface area contributed by atoms with Crippen LogP contribution in [0.1, 0.15) is 22.3 Å². The number of hydrogen-bond acceptors (Lipinski definition) is 1. The third-order valence-electron chi connectivity index (χ3n) is 14.8. The second-order valence-electron chi connectivity index (χ2n) is 18.9. The van der Waals surface area contributed by atoms with Gasteiger partial charge in [0.05, 0.1) is 5.41 Å². The minimum absolute atomic E-state index is 0.457. The summed E-state index contributed by atoms with van der Waals surface area (Å²) in [6.45, 7) is 0. The molecular weight excluding hydrogens is 867 g/mol. The van der Waals surface area contributed by atoms with Crippen molar-refractivity contribution in [3.05, 3.63) is 320 Å². The average molecular weight is 916 g/mol. The van der Waals surface area contributed by atoms with Crippen molar-refractivity contribution in [3.63, 3.8) is 0 Å². The Morgan fingerprint density at radius 3 is 1.14 bits per heavy atom. The SMILES string of the molecule is c1ccc(-c2ccc(-c3ccc(N(c4ccc(-c5cccc(-c6ccc7ccccc7c6)c5)cc4)c4ccc(-c5ccc6c(c5)C(c5ccccc5)(c5ccccc5)c5ccccc5-6)cc4)cc3)cc2)cc1. The predicted octanol–water partition coefficient (Wildman–Crippen LogP) is 19.0. The van der Waals surface area contributed by atoms with Crippen LogP contribution < -0.4 is 4.90 Å². The van der Waals surface area contributed by atoms with Crippen LogP contribution >= 0.6 is 0 Å². The van der Waals surface area contributed by atoms with Crippen molar-refractivity contribution in [1.82, 2.24) is 0 Å². The first-order chi connectivity index (χ1) is 35.7. The highest BCUT2D eigenvalue weighted by Gasteiger charge is 2.46. The fourth-order valence-corrected chi connectivity index (χ4v) is 11.2. The van der Waals surface area contributed by atoms with Gasteiger partial charge >= 0.3 is 0 Å². The monoisotopic (exact) mass is 915 g/mol. The molecule has 0 aliphatic heterocycles. The number of fused-ring (bicyclic) bond motifs is 4. The zero-order valence-corrected chi connectivity index (χ0v) is 39.7. The molecule has 0 fully saturated rings. The third-order valence-corrected chi connectivity index (χ3v) is 14.8. The van der Waals surface area contributed by atoms with Crippen LogP contribution in [0.15, 0.2) is 297 Å². The molecule has 0 atom stereocenters.